The van der Waals surface area contributed by atoms with Gasteiger partial charge in [0.05, 0.1) is 42.5 Å². The number of anilines is 4. The number of ether oxygens (including phenoxy) is 1. The molecule has 0 unspecified atom stereocenters. The van der Waals surface area contributed by atoms with Crippen molar-refractivity contribution in [3.8, 4) is 11.9 Å². The second-order valence-electron chi connectivity index (χ2n) is 12.9. The standard InChI is InChI=1S/C38H36FN13O4/c1-56-35(55)31(18-23-5-7-24(20-40)8-6-23)46-38-48-36(41-21-32-44-29-10-9-26(39)19-30(29)45-32)47-37(49-38)43-27-4-2-3-25(17-27)22-51-13-15-52(16-14-51)34(54)28-11-12-42-50-33(28)53/h2-12,17,19,31H,13-16,18,21-22H2,1H3,(H,44,45)(H,50,53)(H3,41,43,46,47,48,49)/t31-/m0/s1. The first-order chi connectivity index (χ1) is 27.2. The lowest BCUT2D eigenvalue weighted by Crippen LogP contribution is -2.48. The molecule has 1 amide bonds. The van der Waals surface area contributed by atoms with Gasteiger partial charge in [0.1, 0.15) is 23.2 Å². The Morgan fingerprint density at radius 3 is 2.52 bits per heavy atom. The topological polar surface area (TPSA) is 223 Å². The highest BCUT2D eigenvalue weighted by molar-refractivity contribution is 5.96. The molecule has 1 fully saturated rings. The van der Waals surface area contributed by atoms with Gasteiger partial charge in [-0.1, -0.05) is 24.3 Å². The van der Waals surface area contributed by atoms with Gasteiger partial charge in [-0.3, -0.25) is 9.69 Å². The summed E-state index contributed by atoms with van der Waals surface area (Å²) < 4.78 is 18.9. The molecule has 0 bridgehead atoms. The summed E-state index contributed by atoms with van der Waals surface area (Å²) >= 11 is 0. The molecule has 7 rings (SSSR count). The van der Waals surface area contributed by atoms with Crippen LogP contribution in [0.2, 0.25) is 0 Å². The van der Waals surface area contributed by atoms with E-state index in [1.54, 1.807) is 35.2 Å². The highest BCUT2D eigenvalue weighted by Gasteiger charge is 2.25. The normalized spacial score (nSPS) is 13.5. The predicted molar refractivity (Wildman–Crippen MR) is 202 cm³/mol. The van der Waals surface area contributed by atoms with Crippen molar-refractivity contribution in [1.82, 2.24) is 44.9 Å². The molecule has 3 aromatic heterocycles. The summed E-state index contributed by atoms with van der Waals surface area (Å²) in [6.45, 7) is 3.01. The lowest BCUT2D eigenvalue weighted by molar-refractivity contribution is -0.141. The van der Waals surface area contributed by atoms with Crippen LogP contribution in [0, 0.1) is 17.1 Å². The van der Waals surface area contributed by atoms with Crippen molar-refractivity contribution < 1.29 is 23.8 Å². The van der Waals surface area contributed by atoms with Crippen LogP contribution in [0.1, 0.15) is 32.9 Å². The molecule has 1 atom stereocenters. The van der Waals surface area contributed by atoms with E-state index in [-0.39, 0.29) is 48.2 Å². The number of benzene rings is 3. The summed E-state index contributed by atoms with van der Waals surface area (Å²) in [7, 11) is 1.29. The van der Waals surface area contributed by atoms with Crippen molar-refractivity contribution in [2.75, 3.05) is 49.2 Å². The van der Waals surface area contributed by atoms with Crippen molar-refractivity contribution >= 4 is 46.4 Å². The highest BCUT2D eigenvalue weighted by Crippen LogP contribution is 2.22. The first-order valence-electron chi connectivity index (χ1n) is 17.6. The fourth-order valence-corrected chi connectivity index (χ4v) is 6.20. The molecule has 6 aromatic rings. The van der Waals surface area contributed by atoms with E-state index < -0.39 is 17.8 Å². The Morgan fingerprint density at radius 1 is 0.964 bits per heavy atom. The molecule has 0 aliphatic carbocycles. The van der Waals surface area contributed by atoms with Gasteiger partial charge in [-0.2, -0.15) is 25.3 Å². The third-order valence-corrected chi connectivity index (χ3v) is 9.04. The molecular weight excluding hydrogens is 722 g/mol. The number of nitrogens with one attached hydrogen (secondary N) is 4. The molecule has 18 heteroatoms. The van der Waals surface area contributed by atoms with Crippen molar-refractivity contribution in [1.29, 1.82) is 5.26 Å². The number of carbonyl (C=O) groups excluding carboxylic acids is 2. The van der Waals surface area contributed by atoms with E-state index in [2.05, 4.69) is 62.0 Å². The van der Waals surface area contributed by atoms with E-state index in [4.69, 9.17) is 4.74 Å². The summed E-state index contributed by atoms with van der Waals surface area (Å²) in [6.07, 6.45) is 1.60. The van der Waals surface area contributed by atoms with Crippen LogP contribution >= 0.6 is 0 Å². The average molecular weight is 758 g/mol. The SMILES string of the molecule is COC(=O)[C@H](Cc1ccc(C#N)cc1)Nc1nc(NCc2nc3cc(F)ccc3[nH]2)nc(Nc2cccc(CN3CCN(C(=O)c4ccnnc4O)CC3)c2)n1. The van der Waals surface area contributed by atoms with Gasteiger partial charge in [-0.25, -0.2) is 14.2 Å². The van der Waals surface area contributed by atoms with Gasteiger partial charge in [0.15, 0.2) is 0 Å². The summed E-state index contributed by atoms with van der Waals surface area (Å²) in [5.41, 5.74) is 4.26. The van der Waals surface area contributed by atoms with Gasteiger partial charge < -0.3 is 35.7 Å². The van der Waals surface area contributed by atoms with Crippen LogP contribution < -0.4 is 16.0 Å². The number of nitrogens with zero attached hydrogens (tertiary/aromatic N) is 9. The van der Waals surface area contributed by atoms with Crippen LogP contribution in [0.25, 0.3) is 11.0 Å². The number of aromatic hydroxyl groups is 1. The number of amides is 1. The summed E-state index contributed by atoms with van der Waals surface area (Å²) in [5.74, 6) is -0.664. The van der Waals surface area contributed by atoms with E-state index >= 15 is 0 Å². The Kier molecular flexibility index (Phi) is 11.1. The number of hydrogen-bond donors (Lipinski definition) is 5. The van der Waals surface area contributed by atoms with Gasteiger partial charge in [0.25, 0.3) is 5.91 Å². The first kappa shape index (κ1) is 37.1. The van der Waals surface area contributed by atoms with Crippen LogP contribution in [0.15, 0.2) is 79.0 Å². The zero-order valence-electron chi connectivity index (χ0n) is 30.1. The van der Waals surface area contributed by atoms with Crippen LogP contribution in [-0.4, -0.2) is 101 Å². The smallest absolute Gasteiger partial charge is 0.328 e. The number of aromatic nitrogens is 7. The van der Waals surface area contributed by atoms with Gasteiger partial charge in [0.2, 0.25) is 23.7 Å². The van der Waals surface area contributed by atoms with E-state index in [0.717, 1.165) is 11.1 Å². The number of piperazine rings is 1. The Bertz CT molecular complexity index is 2390. The molecular formula is C38H36FN13O4. The lowest BCUT2D eigenvalue weighted by Gasteiger charge is -2.34. The molecule has 0 spiro atoms. The molecule has 1 aliphatic heterocycles. The lowest BCUT2D eigenvalue weighted by atomic mass is 10.0. The second-order valence-corrected chi connectivity index (χ2v) is 12.9. The Balaban J connectivity index is 1.07. The quantitative estimate of drug-likeness (QED) is 0.106. The number of aromatic amines is 1. The molecule has 0 radical (unpaired) electrons. The van der Waals surface area contributed by atoms with Gasteiger partial charge in [-0.15, -0.1) is 5.10 Å². The van der Waals surface area contributed by atoms with E-state index in [1.807, 2.05) is 24.3 Å². The molecule has 3 aromatic carbocycles. The minimum absolute atomic E-state index is 0.0835. The number of hydrogen-bond acceptors (Lipinski definition) is 15. The number of esters is 1. The Morgan fingerprint density at radius 2 is 1.75 bits per heavy atom. The van der Waals surface area contributed by atoms with Crippen molar-refractivity contribution in [2.45, 2.75) is 25.6 Å². The third kappa shape index (κ3) is 9.09. The number of H-pyrrole nitrogens is 1. The zero-order valence-corrected chi connectivity index (χ0v) is 30.1. The summed E-state index contributed by atoms with van der Waals surface area (Å²) in [5, 5.41) is 35.8. The molecule has 1 saturated heterocycles. The van der Waals surface area contributed by atoms with E-state index in [1.165, 1.54) is 31.5 Å². The molecule has 284 valence electrons. The summed E-state index contributed by atoms with van der Waals surface area (Å²) in [4.78, 5) is 51.1. The number of fused-ring (bicyclic) bond motifs is 1. The maximum atomic E-state index is 13.8. The van der Waals surface area contributed by atoms with E-state index in [0.29, 0.717) is 60.8 Å². The minimum atomic E-state index is -0.882. The van der Waals surface area contributed by atoms with Crippen molar-refractivity contribution in [3.63, 3.8) is 0 Å². The number of methoxy groups -OCH3 is 1. The van der Waals surface area contributed by atoms with Crippen molar-refractivity contribution in [3.05, 3.63) is 113 Å². The largest absolute Gasteiger partial charge is 0.492 e. The molecule has 0 saturated carbocycles. The van der Waals surface area contributed by atoms with Gasteiger partial charge in [-0.05, 0) is 53.6 Å². The monoisotopic (exact) mass is 757 g/mol. The van der Waals surface area contributed by atoms with Crippen LogP contribution in [0.5, 0.6) is 5.88 Å². The van der Waals surface area contributed by atoms with Crippen molar-refractivity contribution in [2.24, 2.45) is 0 Å². The van der Waals surface area contributed by atoms with Crippen LogP contribution in [0.4, 0.5) is 27.9 Å². The fourth-order valence-electron chi connectivity index (χ4n) is 6.20. The van der Waals surface area contributed by atoms with Crippen LogP contribution in [-0.2, 0) is 29.0 Å². The molecule has 56 heavy (non-hydrogen) atoms. The fraction of sp³-hybridized carbons (Fsp3) is 0.237. The number of halogens is 1. The number of imidazole rings is 1. The minimum Gasteiger partial charge on any atom is -0.492 e. The van der Waals surface area contributed by atoms with Crippen LogP contribution in [0.3, 0.4) is 0 Å². The van der Waals surface area contributed by atoms with Gasteiger partial charge >= 0.3 is 5.97 Å². The Hall–Kier alpha value is -7.26. The van der Waals surface area contributed by atoms with Gasteiger partial charge in [0, 0.05) is 50.9 Å². The molecule has 5 N–H and O–H groups in total. The maximum absolute atomic E-state index is 13.8. The maximum Gasteiger partial charge on any atom is 0.328 e. The zero-order chi connectivity index (χ0) is 39.0. The second kappa shape index (κ2) is 16.8. The summed E-state index contributed by atoms with van der Waals surface area (Å²) in [6, 6.07) is 21.6. The number of carbonyl (C=O) groups is 2. The average Bonchev–Trinajstić information content (AvgIpc) is 3.62. The molecule has 1 aliphatic rings. The highest BCUT2D eigenvalue weighted by atomic mass is 19.1. The molecule has 17 nitrogen and oxygen atoms in total. The first-order valence-corrected chi connectivity index (χ1v) is 17.6. The predicted octanol–water partition coefficient (Wildman–Crippen LogP) is 3.76. The van der Waals surface area contributed by atoms with E-state index in [9.17, 15) is 24.3 Å². The third-order valence-electron chi connectivity index (χ3n) is 9.04. The number of rotatable bonds is 13. The number of nitriles is 1. The Labute approximate surface area is 319 Å². The molecule has 4 heterocycles.